The third-order valence-electron chi connectivity index (χ3n) is 4.28. The Balaban J connectivity index is 1.73. The van der Waals surface area contributed by atoms with Crippen molar-refractivity contribution in [3.05, 3.63) is 0 Å². The van der Waals surface area contributed by atoms with Gasteiger partial charge in [0.05, 0.1) is 0 Å². The highest BCUT2D eigenvalue weighted by Gasteiger charge is 2.50. The van der Waals surface area contributed by atoms with Crippen LogP contribution in [0.4, 0.5) is 0 Å². The summed E-state index contributed by atoms with van der Waals surface area (Å²) in [6.07, 6.45) is 5.20. The second-order valence-electron chi connectivity index (χ2n) is 6.15. The van der Waals surface area contributed by atoms with Crippen LogP contribution in [0.1, 0.15) is 46.0 Å². The Bertz CT molecular complexity index is 267. The molecular weight excluding hydrogens is 202 g/mol. The Hall–Kier alpha value is -0.570. The summed E-state index contributed by atoms with van der Waals surface area (Å²) in [5.74, 6) is 0.950. The van der Waals surface area contributed by atoms with Gasteiger partial charge in [0.2, 0.25) is 5.91 Å². The highest BCUT2D eigenvalue weighted by Crippen LogP contribution is 2.51. The summed E-state index contributed by atoms with van der Waals surface area (Å²) < 4.78 is 0. The first-order valence-electron chi connectivity index (χ1n) is 6.44. The second-order valence-corrected chi connectivity index (χ2v) is 6.15. The largest absolute Gasteiger partial charge is 0.396 e. The van der Waals surface area contributed by atoms with E-state index < -0.39 is 0 Å². The number of aliphatic hydroxyl groups is 1. The third kappa shape index (κ3) is 2.57. The van der Waals surface area contributed by atoms with Gasteiger partial charge in [0, 0.05) is 18.6 Å². The number of hydrogen-bond donors (Lipinski definition) is 2. The lowest BCUT2D eigenvalue weighted by atomic mass is 9.86. The van der Waals surface area contributed by atoms with Gasteiger partial charge in [-0.15, -0.1) is 0 Å². The summed E-state index contributed by atoms with van der Waals surface area (Å²) >= 11 is 0. The highest BCUT2D eigenvalue weighted by atomic mass is 16.3. The zero-order chi connectivity index (χ0) is 11.8. The number of carbonyl (C=O) groups excluding carboxylic acids is 1. The topological polar surface area (TPSA) is 49.3 Å². The molecule has 0 aromatic carbocycles. The molecule has 2 fully saturated rings. The maximum Gasteiger partial charge on any atom is 0.223 e. The summed E-state index contributed by atoms with van der Waals surface area (Å²) in [4.78, 5) is 11.9. The lowest BCUT2D eigenvalue weighted by molar-refractivity contribution is -0.124. The van der Waals surface area contributed by atoms with E-state index in [9.17, 15) is 4.79 Å². The van der Waals surface area contributed by atoms with E-state index in [0.717, 1.165) is 32.1 Å². The number of hydrogen-bond acceptors (Lipinski definition) is 2. The number of amides is 1. The minimum absolute atomic E-state index is 0.229. The van der Waals surface area contributed by atoms with E-state index in [4.69, 9.17) is 5.11 Å². The molecule has 0 aromatic rings. The SMILES string of the molecule is CC1(C)C[C@@H]1C(=O)NC1CCC(CO)CC1. The molecule has 0 bridgehead atoms. The van der Waals surface area contributed by atoms with Crippen LogP contribution in [0.3, 0.4) is 0 Å². The van der Waals surface area contributed by atoms with E-state index in [1.807, 2.05) is 0 Å². The zero-order valence-electron chi connectivity index (χ0n) is 10.3. The third-order valence-corrected chi connectivity index (χ3v) is 4.28. The molecule has 3 nitrogen and oxygen atoms in total. The van der Waals surface area contributed by atoms with E-state index in [0.29, 0.717) is 18.6 Å². The maximum atomic E-state index is 11.9. The van der Waals surface area contributed by atoms with Crippen molar-refractivity contribution in [1.82, 2.24) is 5.32 Å². The first kappa shape index (κ1) is 11.9. The Labute approximate surface area is 97.6 Å². The first-order valence-corrected chi connectivity index (χ1v) is 6.44. The predicted octanol–water partition coefficient (Wildman–Crippen LogP) is 1.70. The molecule has 2 rings (SSSR count). The van der Waals surface area contributed by atoms with Crippen LogP contribution in [-0.2, 0) is 4.79 Å². The Morgan fingerprint density at radius 3 is 2.31 bits per heavy atom. The van der Waals surface area contributed by atoms with Gasteiger partial charge in [-0.2, -0.15) is 0 Å². The fourth-order valence-corrected chi connectivity index (χ4v) is 2.71. The van der Waals surface area contributed by atoms with Crippen molar-refractivity contribution in [2.45, 2.75) is 52.0 Å². The summed E-state index contributed by atoms with van der Waals surface area (Å²) in [5.41, 5.74) is 0.229. The minimum Gasteiger partial charge on any atom is -0.396 e. The van der Waals surface area contributed by atoms with Crippen LogP contribution in [0.25, 0.3) is 0 Å². The van der Waals surface area contributed by atoms with Crippen LogP contribution < -0.4 is 5.32 Å². The number of aliphatic hydroxyl groups excluding tert-OH is 1. The van der Waals surface area contributed by atoms with Gasteiger partial charge in [0.25, 0.3) is 0 Å². The van der Waals surface area contributed by atoms with E-state index in [2.05, 4.69) is 19.2 Å². The fourth-order valence-electron chi connectivity index (χ4n) is 2.71. The predicted molar refractivity (Wildman–Crippen MR) is 62.9 cm³/mol. The Morgan fingerprint density at radius 1 is 1.31 bits per heavy atom. The van der Waals surface area contributed by atoms with Gasteiger partial charge in [-0.1, -0.05) is 13.8 Å². The average Bonchev–Trinajstić information content (AvgIpc) is 2.89. The van der Waals surface area contributed by atoms with E-state index in [1.54, 1.807) is 0 Å². The average molecular weight is 225 g/mol. The standard InChI is InChI=1S/C13H23NO2/c1-13(2)7-11(13)12(16)14-10-5-3-9(8-15)4-6-10/h9-11,15H,3-8H2,1-2H3,(H,14,16)/t9?,10?,11-/m1/s1. The van der Waals surface area contributed by atoms with Crippen LogP contribution in [0.15, 0.2) is 0 Å². The van der Waals surface area contributed by atoms with Crippen molar-refractivity contribution in [3.8, 4) is 0 Å². The van der Waals surface area contributed by atoms with E-state index >= 15 is 0 Å². The van der Waals surface area contributed by atoms with Gasteiger partial charge in [0.1, 0.15) is 0 Å². The van der Waals surface area contributed by atoms with Crippen LogP contribution in [-0.4, -0.2) is 23.7 Å². The van der Waals surface area contributed by atoms with Crippen molar-refractivity contribution >= 4 is 5.91 Å². The molecule has 92 valence electrons. The van der Waals surface area contributed by atoms with E-state index in [-0.39, 0.29) is 17.2 Å². The van der Waals surface area contributed by atoms with E-state index in [1.165, 1.54) is 0 Å². The van der Waals surface area contributed by atoms with Gasteiger partial charge in [-0.3, -0.25) is 4.79 Å². The summed E-state index contributed by atoms with van der Waals surface area (Å²) in [6.45, 7) is 4.61. The van der Waals surface area contributed by atoms with Gasteiger partial charge >= 0.3 is 0 Å². The Kier molecular flexibility index (Phi) is 3.24. The van der Waals surface area contributed by atoms with Gasteiger partial charge in [-0.05, 0) is 43.4 Å². The second kappa shape index (κ2) is 4.36. The normalized spacial score (nSPS) is 36.8. The smallest absolute Gasteiger partial charge is 0.223 e. The lowest BCUT2D eigenvalue weighted by Gasteiger charge is -2.28. The highest BCUT2D eigenvalue weighted by molar-refractivity contribution is 5.82. The van der Waals surface area contributed by atoms with Crippen molar-refractivity contribution in [2.24, 2.45) is 17.3 Å². The fraction of sp³-hybridized carbons (Fsp3) is 0.923. The molecule has 0 aliphatic heterocycles. The molecule has 2 aliphatic carbocycles. The zero-order valence-corrected chi connectivity index (χ0v) is 10.3. The maximum absolute atomic E-state index is 11.9. The molecule has 0 unspecified atom stereocenters. The monoisotopic (exact) mass is 225 g/mol. The summed E-state index contributed by atoms with van der Waals surface area (Å²) in [6, 6.07) is 0.353. The van der Waals surface area contributed by atoms with Gasteiger partial charge in [0.15, 0.2) is 0 Å². The molecule has 16 heavy (non-hydrogen) atoms. The number of rotatable bonds is 3. The molecule has 0 heterocycles. The molecule has 0 aromatic heterocycles. The summed E-state index contributed by atoms with van der Waals surface area (Å²) in [5, 5.41) is 12.2. The molecule has 1 amide bonds. The molecule has 0 spiro atoms. The molecule has 0 saturated heterocycles. The van der Waals surface area contributed by atoms with Crippen LogP contribution >= 0.6 is 0 Å². The van der Waals surface area contributed by atoms with Crippen molar-refractivity contribution in [2.75, 3.05) is 6.61 Å². The Morgan fingerprint density at radius 2 is 1.88 bits per heavy atom. The van der Waals surface area contributed by atoms with Crippen molar-refractivity contribution in [3.63, 3.8) is 0 Å². The molecule has 1 atom stereocenters. The quantitative estimate of drug-likeness (QED) is 0.768. The number of nitrogens with one attached hydrogen (secondary N) is 1. The van der Waals surface area contributed by atoms with Crippen LogP contribution in [0, 0.1) is 17.3 Å². The molecule has 2 aliphatic rings. The van der Waals surface area contributed by atoms with Gasteiger partial charge in [-0.25, -0.2) is 0 Å². The molecule has 2 N–H and O–H groups in total. The van der Waals surface area contributed by atoms with Crippen LogP contribution in [0.2, 0.25) is 0 Å². The molecule has 0 radical (unpaired) electrons. The van der Waals surface area contributed by atoms with Crippen molar-refractivity contribution < 1.29 is 9.90 Å². The van der Waals surface area contributed by atoms with Crippen molar-refractivity contribution in [1.29, 1.82) is 0 Å². The molecular formula is C13H23NO2. The minimum atomic E-state index is 0.229. The summed E-state index contributed by atoms with van der Waals surface area (Å²) in [7, 11) is 0. The first-order chi connectivity index (χ1) is 7.53. The van der Waals surface area contributed by atoms with Gasteiger partial charge < -0.3 is 10.4 Å². The molecule has 3 heteroatoms. The lowest BCUT2D eigenvalue weighted by Crippen LogP contribution is -2.39. The molecule has 2 saturated carbocycles. The number of carbonyl (C=O) groups is 1. The van der Waals surface area contributed by atoms with Crippen LogP contribution in [0.5, 0.6) is 0 Å².